The number of hydrogen-bond acceptors (Lipinski definition) is 8. The SMILES string of the molecule is Cc1snnc1C(=O)N1CCOCC2(CCN(Cc3cccs3)C2)C1.O=CO. The molecule has 8 nitrogen and oxygen atoms in total. The number of aryl methyl sites for hydroxylation is 1. The molecule has 4 rings (SSSR count). The Morgan fingerprint density at radius 2 is 2.25 bits per heavy atom. The number of thiophene rings is 1. The van der Waals surface area contributed by atoms with Crippen LogP contribution in [0.15, 0.2) is 17.5 Å². The van der Waals surface area contributed by atoms with Gasteiger partial charge in [-0.05, 0) is 42.9 Å². The van der Waals surface area contributed by atoms with E-state index in [1.54, 1.807) is 11.3 Å². The zero-order valence-corrected chi connectivity index (χ0v) is 17.4. The fraction of sp³-hybridized carbons (Fsp3) is 0.556. The highest BCUT2D eigenvalue weighted by atomic mass is 32.1. The minimum Gasteiger partial charge on any atom is -0.483 e. The summed E-state index contributed by atoms with van der Waals surface area (Å²) >= 11 is 3.08. The molecule has 1 N–H and O–H groups in total. The second-order valence-corrected chi connectivity index (χ2v) is 9.09. The van der Waals surface area contributed by atoms with E-state index in [2.05, 4.69) is 32.0 Å². The van der Waals surface area contributed by atoms with Crippen molar-refractivity contribution in [1.82, 2.24) is 19.4 Å². The molecule has 0 aliphatic carbocycles. The van der Waals surface area contributed by atoms with Gasteiger partial charge < -0.3 is 14.7 Å². The molecule has 2 aromatic heterocycles. The molecular weight excluding hydrogens is 400 g/mol. The first kappa shape index (κ1) is 20.8. The third-order valence-electron chi connectivity index (χ3n) is 5.06. The molecule has 1 atom stereocenters. The van der Waals surface area contributed by atoms with Gasteiger partial charge in [0.15, 0.2) is 5.69 Å². The molecular formula is C18H24N4O4S2. The Kier molecular flexibility index (Phi) is 7.11. The minimum atomic E-state index is -0.250. The molecule has 2 fully saturated rings. The van der Waals surface area contributed by atoms with Gasteiger partial charge in [-0.3, -0.25) is 14.5 Å². The number of ether oxygens (including phenoxy) is 1. The van der Waals surface area contributed by atoms with E-state index in [9.17, 15) is 4.79 Å². The van der Waals surface area contributed by atoms with Crippen LogP contribution in [0.2, 0.25) is 0 Å². The third kappa shape index (κ3) is 4.93. The molecule has 28 heavy (non-hydrogen) atoms. The Labute approximate surface area is 171 Å². The van der Waals surface area contributed by atoms with Crippen LogP contribution in [0.5, 0.6) is 0 Å². The van der Waals surface area contributed by atoms with Gasteiger partial charge in [0, 0.05) is 36.5 Å². The number of amides is 1. The molecule has 1 spiro atoms. The molecule has 2 saturated heterocycles. The summed E-state index contributed by atoms with van der Waals surface area (Å²) in [7, 11) is 0. The van der Waals surface area contributed by atoms with Crippen molar-refractivity contribution >= 4 is 35.2 Å². The Morgan fingerprint density at radius 1 is 1.43 bits per heavy atom. The fourth-order valence-electron chi connectivity index (χ4n) is 3.78. The van der Waals surface area contributed by atoms with Crippen LogP contribution in [0.3, 0.4) is 0 Å². The number of carboxylic acid groups (broad SMARTS) is 1. The number of likely N-dealkylation sites (tertiary alicyclic amines) is 1. The van der Waals surface area contributed by atoms with Crippen LogP contribution in [-0.4, -0.2) is 76.3 Å². The van der Waals surface area contributed by atoms with Crippen molar-refractivity contribution in [2.24, 2.45) is 5.41 Å². The first-order chi connectivity index (χ1) is 13.6. The Hall–Kier alpha value is -1.88. The van der Waals surface area contributed by atoms with Crippen molar-refractivity contribution in [3.8, 4) is 0 Å². The lowest BCUT2D eigenvalue weighted by molar-refractivity contribution is -0.122. The number of nitrogens with zero attached hydrogens (tertiary/aromatic N) is 4. The summed E-state index contributed by atoms with van der Waals surface area (Å²) in [6.45, 7) is 7.36. The monoisotopic (exact) mass is 424 g/mol. The molecule has 0 aromatic carbocycles. The van der Waals surface area contributed by atoms with Gasteiger partial charge in [-0.25, -0.2) is 0 Å². The van der Waals surface area contributed by atoms with E-state index in [0.29, 0.717) is 18.8 Å². The average molecular weight is 425 g/mol. The maximum atomic E-state index is 12.9. The topological polar surface area (TPSA) is 95.9 Å². The van der Waals surface area contributed by atoms with Crippen LogP contribution in [0, 0.1) is 12.3 Å². The first-order valence-corrected chi connectivity index (χ1v) is 10.7. The Balaban J connectivity index is 0.000000706. The van der Waals surface area contributed by atoms with Crippen LogP contribution in [0.4, 0.5) is 0 Å². The van der Waals surface area contributed by atoms with E-state index >= 15 is 0 Å². The lowest BCUT2D eigenvalue weighted by atomic mass is 9.87. The van der Waals surface area contributed by atoms with E-state index in [1.165, 1.54) is 16.4 Å². The highest BCUT2D eigenvalue weighted by molar-refractivity contribution is 7.09. The van der Waals surface area contributed by atoms with Crippen molar-refractivity contribution < 1.29 is 19.4 Å². The molecule has 0 radical (unpaired) electrons. The van der Waals surface area contributed by atoms with Gasteiger partial charge in [0.25, 0.3) is 12.4 Å². The highest BCUT2D eigenvalue weighted by Gasteiger charge is 2.42. The van der Waals surface area contributed by atoms with Gasteiger partial charge in [0.2, 0.25) is 0 Å². The summed E-state index contributed by atoms with van der Waals surface area (Å²) in [4.78, 5) is 27.9. The summed E-state index contributed by atoms with van der Waals surface area (Å²) in [5.74, 6) is -0.00664. The van der Waals surface area contributed by atoms with Crippen molar-refractivity contribution in [3.63, 3.8) is 0 Å². The molecule has 0 bridgehead atoms. The normalized spacial score (nSPS) is 22.5. The lowest BCUT2D eigenvalue weighted by Gasteiger charge is -2.31. The van der Waals surface area contributed by atoms with Crippen LogP contribution < -0.4 is 0 Å². The fourth-order valence-corrected chi connectivity index (χ4v) is 4.98. The molecule has 2 aromatic rings. The van der Waals surface area contributed by atoms with Crippen LogP contribution in [-0.2, 0) is 16.1 Å². The largest absolute Gasteiger partial charge is 0.483 e. The van der Waals surface area contributed by atoms with Crippen molar-refractivity contribution in [1.29, 1.82) is 0 Å². The van der Waals surface area contributed by atoms with Crippen molar-refractivity contribution in [2.75, 3.05) is 39.4 Å². The van der Waals surface area contributed by atoms with E-state index in [1.807, 2.05) is 11.8 Å². The Bertz CT molecular complexity index is 782. The number of hydrogen-bond donors (Lipinski definition) is 1. The molecule has 1 amide bonds. The van der Waals surface area contributed by atoms with Gasteiger partial charge in [-0.2, -0.15) is 0 Å². The molecule has 0 saturated carbocycles. The number of aromatic nitrogens is 2. The first-order valence-electron chi connectivity index (χ1n) is 9.05. The number of rotatable bonds is 3. The molecule has 152 valence electrons. The molecule has 10 heteroatoms. The predicted molar refractivity (Wildman–Crippen MR) is 107 cm³/mol. The van der Waals surface area contributed by atoms with E-state index in [4.69, 9.17) is 14.6 Å². The van der Waals surface area contributed by atoms with Gasteiger partial charge in [0.05, 0.1) is 18.1 Å². The van der Waals surface area contributed by atoms with Crippen molar-refractivity contribution in [2.45, 2.75) is 19.9 Å². The van der Waals surface area contributed by atoms with E-state index in [-0.39, 0.29) is 17.8 Å². The Morgan fingerprint density at radius 3 is 2.93 bits per heavy atom. The van der Waals surface area contributed by atoms with Crippen LogP contribution in [0.1, 0.15) is 26.7 Å². The molecule has 1 unspecified atom stereocenters. The van der Waals surface area contributed by atoms with Crippen LogP contribution in [0.25, 0.3) is 0 Å². The van der Waals surface area contributed by atoms with E-state index in [0.717, 1.165) is 44.1 Å². The zero-order valence-electron chi connectivity index (χ0n) is 15.7. The molecule has 2 aliphatic heterocycles. The third-order valence-corrected chi connectivity index (χ3v) is 6.55. The summed E-state index contributed by atoms with van der Waals surface area (Å²) in [5, 5.41) is 13.0. The number of carbonyl (C=O) groups is 2. The van der Waals surface area contributed by atoms with Gasteiger partial charge in [-0.15, -0.1) is 16.4 Å². The standard InChI is InChI=1S/C17H22N4O2S2.CH2O2/c1-13-15(18-19-25-13)16(22)21-6-7-23-12-17(11-21)4-5-20(10-17)9-14-3-2-8-24-14;2-1-3/h2-3,8H,4-7,9-12H2,1H3;1H,(H,2,3). The maximum absolute atomic E-state index is 12.9. The molecule has 4 heterocycles. The van der Waals surface area contributed by atoms with Gasteiger partial charge in [0.1, 0.15) is 0 Å². The highest BCUT2D eigenvalue weighted by Crippen LogP contribution is 2.35. The summed E-state index contributed by atoms with van der Waals surface area (Å²) in [6.07, 6.45) is 1.07. The van der Waals surface area contributed by atoms with Crippen LogP contribution >= 0.6 is 22.9 Å². The van der Waals surface area contributed by atoms with Crippen molar-refractivity contribution in [3.05, 3.63) is 33.0 Å². The van der Waals surface area contributed by atoms with E-state index < -0.39 is 0 Å². The minimum absolute atomic E-state index is 0.00664. The smallest absolute Gasteiger partial charge is 0.290 e. The summed E-state index contributed by atoms with van der Waals surface area (Å²) in [6, 6.07) is 4.29. The van der Waals surface area contributed by atoms with Gasteiger partial charge in [-0.1, -0.05) is 10.6 Å². The predicted octanol–water partition coefficient (Wildman–Crippen LogP) is 1.97. The quantitative estimate of drug-likeness (QED) is 0.753. The molecule has 2 aliphatic rings. The average Bonchev–Trinajstić information content (AvgIpc) is 3.38. The maximum Gasteiger partial charge on any atom is 0.290 e. The lowest BCUT2D eigenvalue weighted by Crippen LogP contribution is -2.43. The summed E-state index contributed by atoms with van der Waals surface area (Å²) < 4.78 is 9.80. The number of carbonyl (C=O) groups excluding carboxylic acids is 1. The second kappa shape index (κ2) is 9.55. The second-order valence-electron chi connectivity index (χ2n) is 7.10. The van der Waals surface area contributed by atoms with Gasteiger partial charge >= 0.3 is 0 Å². The zero-order chi connectivity index (χ0) is 20.0. The summed E-state index contributed by atoms with van der Waals surface area (Å²) in [5.41, 5.74) is 0.524.